The van der Waals surface area contributed by atoms with Crippen LogP contribution in [0.25, 0.3) is 0 Å². The predicted octanol–water partition coefficient (Wildman–Crippen LogP) is 4.18. The lowest BCUT2D eigenvalue weighted by Crippen LogP contribution is -1.95. The fraction of sp³-hybridized carbons (Fsp3) is 0.200. The van der Waals surface area contributed by atoms with Crippen molar-refractivity contribution in [2.24, 2.45) is 0 Å². The fourth-order valence-corrected chi connectivity index (χ4v) is 2.26. The zero-order valence-electron chi connectivity index (χ0n) is 11.1. The molecule has 0 unspecified atom stereocenters. The Morgan fingerprint density at radius 1 is 1.11 bits per heavy atom. The number of hydrogen-bond donors (Lipinski definition) is 1. The Morgan fingerprint density at radius 2 is 1.84 bits per heavy atom. The summed E-state index contributed by atoms with van der Waals surface area (Å²) in [4.78, 5) is 1.09. The minimum atomic E-state index is 0.601. The molecule has 0 amide bonds. The molecule has 0 heterocycles. The summed E-state index contributed by atoms with van der Waals surface area (Å²) in [6, 6.07) is 13.3. The van der Waals surface area contributed by atoms with E-state index in [0.717, 1.165) is 16.4 Å². The lowest BCUT2D eigenvalue weighted by Gasteiger charge is -2.11. The zero-order chi connectivity index (χ0) is 13.7. The van der Waals surface area contributed by atoms with E-state index in [1.165, 1.54) is 0 Å². The highest BCUT2D eigenvalue weighted by molar-refractivity contribution is 7.98. The van der Waals surface area contributed by atoms with Gasteiger partial charge in [0.1, 0.15) is 17.2 Å². The maximum atomic E-state index is 5.89. The van der Waals surface area contributed by atoms with Crippen LogP contribution < -0.4 is 15.2 Å². The van der Waals surface area contributed by atoms with E-state index in [2.05, 4.69) is 0 Å². The smallest absolute Gasteiger partial charge is 0.140 e. The predicted molar refractivity (Wildman–Crippen MR) is 80.3 cm³/mol. The molecule has 0 saturated heterocycles. The number of benzene rings is 2. The van der Waals surface area contributed by atoms with Crippen LogP contribution >= 0.6 is 11.8 Å². The Labute approximate surface area is 117 Å². The number of hydrogen-bond acceptors (Lipinski definition) is 4. The first-order chi connectivity index (χ1) is 9.22. The maximum absolute atomic E-state index is 5.89. The second-order valence-electron chi connectivity index (χ2n) is 3.92. The molecule has 3 nitrogen and oxygen atoms in total. The van der Waals surface area contributed by atoms with Crippen molar-refractivity contribution < 1.29 is 9.47 Å². The molecule has 100 valence electrons. The second kappa shape index (κ2) is 6.38. The molecule has 0 aliphatic carbocycles. The standard InChI is InChI=1S/C15H17NO2S/c1-3-17-12-8-11(16)9-13(10-12)18-14-6-4-5-7-15(14)19-2/h4-10H,3,16H2,1-2H3. The Morgan fingerprint density at radius 3 is 2.58 bits per heavy atom. The molecule has 2 aromatic rings. The molecule has 0 fully saturated rings. The van der Waals surface area contributed by atoms with Crippen LogP contribution in [0.1, 0.15) is 6.92 Å². The lowest BCUT2D eigenvalue weighted by atomic mass is 10.3. The number of thioether (sulfide) groups is 1. The fourth-order valence-electron chi connectivity index (χ4n) is 1.73. The third kappa shape index (κ3) is 3.58. The number of rotatable bonds is 5. The van der Waals surface area contributed by atoms with Gasteiger partial charge in [-0.15, -0.1) is 11.8 Å². The van der Waals surface area contributed by atoms with Gasteiger partial charge < -0.3 is 15.2 Å². The van der Waals surface area contributed by atoms with Crippen molar-refractivity contribution in [3.63, 3.8) is 0 Å². The van der Waals surface area contributed by atoms with Gasteiger partial charge in [-0.3, -0.25) is 0 Å². The SMILES string of the molecule is CCOc1cc(N)cc(Oc2ccccc2SC)c1. The minimum Gasteiger partial charge on any atom is -0.494 e. The van der Waals surface area contributed by atoms with Gasteiger partial charge in [-0.25, -0.2) is 0 Å². The molecule has 0 aliphatic heterocycles. The zero-order valence-corrected chi connectivity index (χ0v) is 11.9. The molecule has 0 bridgehead atoms. The van der Waals surface area contributed by atoms with Crippen LogP contribution in [-0.4, -0.2) is 12.9 Å². The molecule has 2 aromatic carbocycles. The van der Waals surface area contributed by atoms with E-state index in [4.69, 9.17) is 15.2 Å². The normalized spacial score (nSPS) is 10.2. The summed E-state index contributed by atoms with van der Waals surface area (Å²) < 4.78 is 11.3. The topological polar surface area (TPSA) is 44.5 Å². The van der Waals surface area contributed by atoms with Crippen molar-refractivity contribution in [1.82, 2.24) is 0 Å². The second-order valence-corrected chi connectivity index (χ2v) is 4.77. The Balaban J connectivity index is 2.27. The monoisotopic (exact) mass is 275 g/mol. The van der Waals surface area contributed by atoms with Crippen molar-refractivity contribution >= 4 is 17.4 Å². The van der Waals surface area contributed by atoms with Gasteiger partial charge in [0.15, 0.2) is 0 Å². The van der Waals surface area contributed by atoms with E-state index in [9.17, 15) is 0 Å². The van der Waals surface area contributed by atoms with Crippen LogP contribution in [0.3, 0.4) is 0 Å². The van der Waals surface area contributed by atoms with Gasteiger partial charge in [0.2, 0.25) is 0 Å². The van der Waals surface area contributed by atoms with Crippen LogP contribution in [0.5, 0.6) is 17.2 Å². The molecule has 19 heavy (non-hydrogen) atoms. The summed E-state index contributed by atoms with van der Waals surface area (Å²) in [6.45, 7) is 2.54. The number of para-hydroxylation sites is 1. The van der Waals surface area contributed by atoms with Gasteiger partial charge in [0.05, 0.1) is 6.61 Å². The van der Waals surface area contributed by atoms with E-state index in [0.29, 0.717) is 18.0 Å². The van der Waals surface area contributed by atoms with Gasteiger partial charge in [-0.2, -0.15) is 0 Å². The molecule has 0 saturated carbocycles. The number of nitrogen functional groups attached to an aromatic ring is 1. The van der Waals surface area contributed by atoms with E-state index in [1.807, 2.05) is 43.5 Å². The molecule has 2 N–H and O–H groups in total. The molecule has 4 heteroatoms. The number of nitrogens with two attached hydrogens (primary N) is 1. The van der Waals surface area contributed by atoms with E-state index < -0.39 is 0 Å². The summed E-state index contributed by atoms with van der Waals surface area (Å²) in [5, 5.41) is 0. The molecule has 0 spiro atoms. The van der Waals surface area contributed by atoms with Gasteiger partial charge in [0, 0.05) is 28.8 Å². The van der Waals surface area contributed by atoms with Crippen LogP contribution in [0.15, 0.2) is 47.4 Å². The van der Waals surface area contributed by atoms with Crippen molar-refractivity contribution in [2.75, 3.05) is 18.6 Å². The molecular formula is C15H17NO2S. The lowest BCUT2D eigenvalue weighted by molar-refractivity contribution is 0.338. The maximum Gasteiger partial charge on any atom is 0.140 e. The molecular weight excluding hydrogens is 258 g/mol. The number of anilines is 1. The highest BCUT2D eigenvalue weighted by Crippen LogP contribution is 2.33. The van der Waals surface area contributed by atoms with Crippen molar-refractivity contribution in [3.8, 4) is 17.2 Å². The molecule has 0 aliphatic rings. The summed E-state index contributed by atoms with van der Waals surface area (Å²) in [5.41, 5.74) is 6.48. The molecule has 0 aromatic heterocycles. The van der Waals surface area contributed by atoms with Gasteiger partial charge in [0.25, 0.3) is 0 Å². The highest BCUT2D eigenvalue weighted by atomic mass is 32.2. The first-order valence-electron chi connectivity index (χ1n) is 6.07. The number of ether oxygens (including phenoxy) is 2. The van der Waals surface area contributed by atoms with E-state index >= 15 is 0 Å². The van der Waals surface area contributed by atoms with Crippen molar-refractivity contribution in [1.29, 1.82) is 0 Å². The summed E-state index contributed by atoms with van der Waals surface area (Å²) in [5.74, 6) is 2.23. The van der Waals surface area contributed by atoms with E-state index in [1.54, 1.807) is 23.9 Å². The van der Waals surface area contributed by atoms with Gasteiger partial charge in [-0.1, -0.05) is 12.1 Å². The van der Waals surface area contributed by atoms with Crippen LogP contribution in [-0.2, 0) is 0 Å². The van der Waals surface area contributed by atoms with Crippen LogP contribution in [0, 0.1) is 0 Å². The highest BCUT2D eigenvalue weighted by Gasteiger charge is 2.05. The average molecular weight is 275 g/mol. The van der Waals surface area contributed by atoms with Crippen molar-refractivity contribution in [3.05, 3.63) is 42.5 Å². The minimum absolute atomic E-state index is 0.601. The summed E-state index contributed by atoms with van der Waals surface area (Å²) in [7, 11) is 0. The Bertz CT molecular complexity index is 558. The third-order valence-corrected chi connectivity index (χ3v) is 3.29. The Kier molecular flexibility index (Phi) is 4.58. The van der Waals surface area contributed by atoms with Crippen LogP contribution in [0.2, 0.25) is 0 Å². The molecule has 2 rings (SSSR count). The van der Waals surface area contributed by atoms with Crippen LogP contribution in [0.4, 0.5) is 5.69 Å². The van der Waals surface area contributed by atoms with Gasteiger partial charge >= 0.3 is 0 Å². The first kappa shape index (κ1) is 13.6. The van der Waals surface area contributed by atoms with Crippen molar-refractivity contribution in [2.45, 2.75) is 11.8 Å². The summed E-state index contributed by atoms with van der Waals surface area (Å²) in [6.07, 6.45) is 2.02. The van der Waals surface area contributed by atoms with E-state index in [-0.39, 0.29) is 0 Å². The quantitative estimate of drug-likeness (QED) is 0.656. The molecule has 0 radical (unpaired) electrons. The third-order valence-electron chi connectivity index (χ3n) is 2.51. The molecule has 0 atom stereocenters. The first-order valence-corrected chi connectivity index (χ1v) is 7.29. The Hall–Kier alpha value is -1.81. The largest absolute Gasteiger partial charge is 0.494 e. The average Bonchev–Trinajstić information content (AvgIpc) is 2.39. The van der Waals surface area contributed by atoms with Gasteiger partial charge in [-0.05, 0) is 25.3 Å². The summed E-state index contributed by atoms with van der Waals surface area (Å²) >= 11 is 1.65.